The molecule has 0 aliphatic carbocycles. The Labute approximate surface area is 63.4 Å². The molecule has 2 heteroatoms. The monoisotopic (exact) mass is 142 g/mol. The molecule has 1 rings (SSSR count). The molecule has 1 saturated heterocycles. The molecule has 1 heterocycles. The van der Waals surface area contributed by atoms with Crippen molar-refractivity contribution in [1.82, 2.24) is 4.90 Å². The van der Waals surface area contributed by atoms with E-state index in [9.17, 15) is 0 Å². The Kier molecular flexibility index (Phi) is 2.32. The van der Waals surface area contributed by atoms with Crippen LogP contribution in [0.1, 0.15) is 20.3 Å². The predicted octanol–water partition coefficient (Wildman–Crippen LogP) is 0.674. The standard InChI is InChI=1S/C8H18N2/c1-6-5-10(3)7(2)4-8(6)9/h6-8H,4-5,9H2,1-3H3/t6-,7-,8-/m0/s1. The first-order chi connectivity index (χ1) is 4.61. The lowest BCUT2D eigenvalue weighted by atomic mass is 9.91. The van der Waals surface area contributed by atoms with Crippen molar-refractivity contribution in [2.24, 2.45) is 11.7 Å². The Morgan fingerprint density at radius 3 is 2.50 bits per heavy atom. The summed E-state index contributed by atoms with van der Waals surface area (Å²) in [6, 6.07) is 1.09. The van der Waals surface area contributed by atoms with Crippen LogP contribution >= 0.6 is 0 Å². The highest BCUT2D eigenvalue weighted by Gasteiger charge is 2.25. The molecule has 1 fully saturated rings. The fourth-order valence-electron chi connectivity index (χ4n) is 1.58. The Bertz CT molecular complexity index is 87.8. The summed E-state index contributed by atoms with van der Waals surface area (Å²) in [5.74, 6) is 0.668. The highest BCUT2D eigenvalue weighted by atomic mass is 15.1. The molecule has 2 N–H and O–H groups in total. The van der Waals surface area contributed by atoms with Gasteiger partial charge in [0.1, 0.15) is 0 Å². The van der Waals surface area contributed by atoms with E-state index >= 15 is 0 Å². The molecular formula is C8H18N2. The predicted molar refractivity (Wildman–Crippen MR) is 43.8 cm³/mol. The average molecular weight is 142 g/mol. The number of nitrogens with two attached hydrogens (primary N) is 1. The molecule has 10 heavy (non-hydrogen) atoms. The van der Waals surface area contributed by atoms with E-state index in [0.29, 0.717) is 18.0 Å². The number of likely N-dealkylation sites (tertiary alicyclic amines) is 1. The summed E-state index contributed by atoms with van der Waals surface area (Å²) in [6.07, 6.45) is 1.15. The van der Waals surface area contributed by atoms with Gasteiger partial charge in [0.05, 0.1) is 0 Å². The molecule has 3 atom stereocenters. The van der Waals surface area contributed by atoms with Crippen LogP contribution in [-0.4, -0.2) is 30.6 Å². The Morgan fingerprint density at radius 1 is 1.40 bits per heavy atom. The summed E-state index contributed by atoms with van der Waals surface area (Å²) in [6.45, 7) is 5.63. The maximum absolute atomic E-state index is 5.90. The van der Waals surface area contributed by atoms with Crippen molar-refractivity contribution in [2.75, 3.05) is 13.6 Å². The summed E-state index contributed by atoms with van der Waals surface area (Å²) < 4.78 is 0. The van der Waals surface area contributed by atoms with Crippen molar-refractivity contribution in [3.63, 3.8) is 0 Å². The van der Waals surface area contributed by atoms with E-state index in [2.05, 4.69) is 25.8 Å². The van der Waals surface area contributed by atoms with Gasteiger partial charge in [0.25, 0.3) is 0 Å². The minimum atomic E-state index is 0.422. The van der Waals surface area contributed by atoms with Crippen molar-refractivity contribution in [3.8, 4) is 0 Å². The van der Waals surface area contributed by atoms with Crippen molar-refractivity contribution < 1.29 is 0 Å². The minimum Gasteiger partial charge on any atom is -0.327 e. The third-order valence-corrected chi connectivity index (χ3v) is 2.67. The van der Waals surface area contributed by atoms with Gasteiger partial charge in [-0.2, -0.15) is 0 Å². The topological polar surface area (TPSA) is 29.3 Å². The second kappa shape index (κ2) is 2.89. The zero-order valence-electron chi connectivity index (χ0n) is 7.17. The van der Waals surface area contributed by atoms with Crippen LogP contribution in [0.15, 0.2) is 0 Å². The Hall–Kier alpha value is -0.0800. The van der Waals surface area contributed by atoms with Crippen molar-refractivity contribution in [3.05, 3.63) is 0 Å². The van der Waals surface area contributed by atoms with Gasteiger partial charge in [-0.05, 0) is 26.3 Å². The Morgan fingerprint density at radius 2 is 2.00 bits per heavy atom. The molecule has 0 saturated carbocycles. The van der Waals surface area contributed by atoms with Crippen molar-refractivity contribution >= 4 is 0 Å². The van der Waals surface area contributed by atoms with Gasteiger partial charge in [0.2, 0.25) is 0 Å². The van der Waals surface area contributed by atoms with Gasteiger partial charge in [-0.25, -0.2) is 0 Å². The maximum Gasteiger partial charge on any atom is 0.00915 e. The number of hydrogen-bond donors (Lipinski definition) is 1. The number of piperidine rings is 1. The normalized spacial score (nSPS) is 43.8. The summed E-state index contributed by atoms with van der Waals surface area (Å²) in [5, 5.41) is 0. The van der Waals surface area contributed by atoms with Crippen LogP contribution in [0.5, 0.6) is 0 Å². The molecule has 0 unspecified atom stereocenters. The molecular weight excluding hydrogens is 124 g/mol. The van der Waals surface area contributed by atoms with E-state index in [1.807, 2.05) is 0 Å². The van der Waals surface area contributed by atoms with Crippen LogP contribution in [0.4, 0.5) is 0 Å². The lowest BCUT2D eigenvalue weighted by Gasteiger charge is -2.37. The summed E-state index contributed by atoms with van der Waals surface area (Å²) in [5.41, 5.74) is 5.90. The maximum atomic E-state index is 5.90. The molecule has 0 amide bonds. The quantitative estimate of drug-likeness (QED) is 0.539. The fourth-order valence-corrected chi connectivity index (χ4v) is 1.58. The molecule has 1 aliphatic heterocycles. The molecule has 0 bridgehead atoms. The lowest BCUT2D eigenvalue weighted by Crippen LogP contribution is -2.48. The summed E-state index contributed by atoms with van der Waals surface area (Å²) in [7, 11) is 2.17. The van der Waals surface area contributed by atoms with Crippen LogP contribution in [-0.2, 0) is 0 Å². The molecule has 60 valence electrons. The van der Waals surface area contributed by atoms with Crippen molar-refractivity contribution in [2.45, 2.75) is 32.4 Å². The van der Waals surface area contributed by atoms with E-state index < -0.39 is 0 Å². The zero-order chi connectivity index (χ0) is 7.72. The van der Waals surface area contributed by atoms with E-state index in [-0.39, 0.29) is 0 Å². The first-order valence-corrected chi connectivity index (χ1v) is 4.07. The van der Waals surface area contributed by atoms with Gasteiger partial charge in [-0.15, -0.1) is 0 Å². The van der Waals surface area contributed by atoms with Gasteiger partial charge in [-0.3, -0.25) is 0 Å². The van der Waals surface area contributed by atoms with Crippen LogP contribution in [0, 0.1) is 5.92 Å². The molecule has 0 aromatic carbocycles. The van der Waals surface area contributed by atoms with E-state index in [1.54, 1.807) is 0 Å². The molecule has 2 nitrogen and oxygen atoms in total. The van der Waals surface area contributed by atoms with Crippen LogP contribution < -0.4 is 5.73 Å². The first kappa shape index (κ1) is 8.02. The molecule has 1 aliphatic rings. The highest BCUT2D eigenvalue weighted by molar-refractivity contribution is 4.83. The molecule has 0 aromatic rings. The summed E-state index contributed by atoms with van der Waals surface area (Å²) in [4.78, 5) is 2.38. The fraction of sp³-hybridized carbons (Fsp3) is 1.00. The van der Waals surface area contributed by atoms with E-state index in [1.165, 1.54) is 0 Å². The van der Waals surface area contributed by atoms with Gasteiger partial charge in [-0.1, -0.05) is 6.92 Å². The molecule has 0 spiro atoms. The van der Waals surface area contributed by atoms with Gasteiger partial charge >= 0.3 is 0 Å². The average Bonchev–Trinajstić information content (AvgIpc) is 1.84. The molecule has 0 radical (unpaired) electrons. The third-order valence-electron chi connectivity index (χ3n) is 2.67. The van der Waals surface area contributed by atoms with Crippen LogP contribution in [0.3, 0.4) is 0 Å². The van der Waals surface area contributed by atoms with Gasteiger partial charge in [0.15, 0.2) is 0 Å². The van der Waals surface area contributed by atoms with E-state index in [0.717, 1.165) is 13.0 Å². The number of nitrogens with zero attached hydrogens (tertiary/aromatic N) is 1. The molecule has 0 aromatic heterocycles. The summed E-state index contributed by atoms with van der Waals surface area (Å²) >= 11 is 0. The van der Waals surface area contributed by atoms with Gasteiger partial charge < -0.3 is 10.6 Å². The third kappa shape index (κ3) is 1.50. The van der Waals surface area contributed by atoms with Gasteiger partial charge in [0, 0.05) is 18.6 Å². The van der Waals surface area contributed by atoms with Crippen LogP contribution in [0.25, 0.3) is 0 Å². The Balaban J connectivity index is 2.46. The number of hydrogen-bond acceptors (Lipinski definition) is 2. The zero-order valence-corrected chi connectivity index (χ0v) is 7.17. The lowest BCUT2D eigenvalue weighted by molar-refractivity contribution is 0.138. The minimum absolute atomic E-state index is 0.422. The van der Waals surface area contributed by atoms with Crippen LogP contribution in [0.2, 0.25) is 0 Å². The van der Waals surface area contributed by atoms with Crippen molar-refractivity contribution in [1.29, 1.82) is 0 Å². The highest BCUT2D eigenvalue weighted by Crippen LogP contribution is 2.18. The largest absolute Gasteiger partial charge is 0.327 e. The number of rotatable bonds is 0. The van der Waals surface area contributed by atoms with E-state index in [4.69, 9.17) is 5.73 Å². The smallest absolute Gasteiger partial charge is 0.00915 e. The second-order valence-electron chi connectivity index (χ2n) is 3.67. The first-order valence-electron chi connectivity index (χ1n) is 4.07. The second-order valence-corrected chi connectivity index (χ2v) is 3.67. The SMILES string of the molecule is C[C@H]1CN(C)[C@@H](C)C[C@@H]1N.